The van der Waals surface area contributed by atoms with E-state index in [2.05, 4.69) is 4.74 Å². The van der Waals surface area contributed by atoms with Gasteiger partial charge in [0.15, 0.2) is 0 Å². The van der Waals surface area contributed by atoms with Crippen LogP contribution >= 0.6 is 0 Å². The van der Waals surface area contributed by atoms with Gasteiger partial charge in [-0.1, -0.05) is 0 Å². The molecule has 0 aliphatic carbocycles. The van der Waals surface area contributed by atoms with Gasteiger partial charge in [0.1, 0.15) is 6.61 Å². The Morgan fingerprint density at radius 1 is 1.41 bits per heavy atom. The van der Waals surface area contributed by atoms with Crippen molar-refractivity contribution in [1.29, 1.82) is 0 Å². The monoisotopic (exact) mass is 255 g/mol. The molecule has 1 amide bonds. The van der Waals surface area contributed by atoms with Crippen LogP contribution in [0.3, 0.4) is 0 Å². The number of ether oxygens (including phenoxy) is 1. The number of likely N-dealkylation sites (tertiary alicyclic amines) is 1. The summed E-state index contributed by atoms with van der Waals surface area (Å²) in [6.45, 7) is -1.40. The van der Waals surface area contributed by atoms with E-state index in [9.17, 15) is 22.8 Å². The standard InChI is InChI=1S/C9H12F3NO4/c1-17-4-7(14)13-2-5(8(15)16)6(3-13)9(10,11)12/h5-6H,2-4H2,1H3,(H,15,16)/t5-,6-/m1/s1. The second kappa shape index (κ2) is 4.91. The highest BCUT2D eigenvalue weighted by atomic mass is 19.4. The first kappa shape index (κ1) is 13.8. The number of alkyl halides is 3. The summed E-state index contributed by atoms with van der Waals surface area (Å²) in [5.74, 6) is -5.79. The van der Waals surface area contributed by atoms with Crippen molar-refractivity contribution in [3.63, 3.8) is 0 Å². The molecule has 1 fully saturated rings. The molecule has 0 saturated carbocycles. The van der Waals surface area contributed by atoms with Crippen molar-refractivity contribution in [2.45, 2.75) is 6.18 Å². The molecule has 1 rings (SSSR count). The van der Waals surface area contributed by atoms with Gasteiger partial charge in [0, 0.05) is 20.2 Å². The molecule has 0 aromatic carbocycles. The number of halogens is 3. The molecule has 5 nitrogen and oxygen atoms in total. The van der Waals surface area contributed by atoms with Gasteiger partial charge >= 0.3 is 12.1 Å². The van der Waals surface area contributed by atoms with E-state index >= 15 is 0 Å². The zero-order chi connectivity index (χ0) is 13.2. The third-order valence-corrected chi connectivity index (χ3v) is 2.68. The Hall–Kier alpha value is -1.31. The number of amides is 1. The smallest absolute Gasteiger partial charge is 0.394 e. The van der Waals surface area contributed by atoms with Crippen molar-refractivity contribution in [3.05, 3.63) is 0 Å². The topological polar surface area (TPSA) is 66.8 Å². The lowest BCUT2D eigenvalue weighted by atomic mass is 9.96. The van der Waals surface area contributed by atoms with Crippen LogP contribution in [0, 0.1) is 11.8 Å². The number of hydrogen-bond donors (Lipinski definition) is 1. The van der Waals surface area contributed by atoms with E-state index in [4.69, 9.17) is 5.11 Å². The largest absolute Gasteiger partial charge is 0.481 e. The molecule has 8 heteroatoms. The minimum Gasteiger partial charge on any atom is -0.481 e. The molecule has 0 unspecified atom stereocenters. The van der Waals surface area contributed by atoms with Gasteiger partial charge in [-0.3, -0.25) is 9.59 Å². The van der Waals surface area contributed by atoms with Crippen LogP contribution in [-0.2, 0) is 14.3 Å². The summed E-state index contributed by atoms with van der Waals surface area (Å²) in [7, 11) is 1.24. The molecule has 1 N–H and O–H groups in total. The normalized spacial score (nSPS) is 25.1. The predicted molar refractivity (Wildman–Crippen MR) is 49.1 cm³/mol. The SMILES string of the molecule is COCC(=O)N1C[C@@H](C(F)(F)F)[C@H](C(=O)O)C1. The summed E-state index contributed by atoms with van der Waals surface area (Å²) >= 11 is 0. The quantitative estimate of drug-likeness (QED) is 0.790. The fraction of sp³-hybridized carbons (Fsp3) is 0.778. The van der Waals surface area contributed by atoms with Crippen molar-refractivity contribution in [3.8, 4) is 0 Å². The number of nitrogens with zero attached hydrogens (tertiary/aromatic N) is 1. The van der Waals surface area contributed by atoms with Crippen LogP contribution in [0.1, 0.15) is 0 Å². The van der Waals surface area contributed by atoms with Gasteiger partial charge < -0.3 is 14.7 Å². The van der Waals surface area contributed by atoms with Gasteiger partial charge in [-0.05, 0) is 0 Å². The van der Waals surface area contributed by atoms with E-state index in [-0.39, 0.29) is 6.61 Å². The van der Waals surface area contributed by atoms with Crippen molar-refractivity contribution in [2.75, 3.05) is 26.8 Å². The Balaban J connectivity index is 2.79. The van der Waals surface area contributed by atoms with Crippen LogP contribution in [0.25, 0.3) is 0 Å². The van der Waals surface area contributed by atoms with Crippen molar-refractivity contribution in [2.24, 2.45) is 11.8 Å². The Morgan fingerprint density at radius 2 is 2.00 bits per heavy atom. The van der Waals surface area contributed by atoms with Crippen molar-refractivity contribution >= 4 is 11.9 Å². The van der Waals surface area contributed by atoms with E-state index in [0.29, 0.717) is 0 Å². The van der Waals surface area contributed by atoms with Crippen LogP contribution in [0.4, 0.5) is 13.2 Å². The van der Waals surface area contributed by atoms with Crippen LogP contribution in [0.15, 0.2) is 0 Å². The lowest BCUT2D eigenvalue weighted by Crippen LogP contribution is -2.34. The predicted octanol–water partition coefficient (Wildman–Crippen LogP) is 0.354. The summed E-state index contributed by atoms with van der Waals surface area (Å²) in [4.78, 5) is 22.9. The lowest BCUT2D eigenvalue weighted by Gasteiger charge is -2.18. The van der Waals surface area contributed by atoms with E-state index in [0.717, 1.165) is 4.90 Å². The zero-order valence-corrected chi connectivity index (χ0v) is 9.03. The number of rotatable bonds is 3. The molecule has 2 atom stereocenters. The van der Waals surface area contributed by atoms with Crippen molar-refractivity contribution < 1.29 is 32.6 Å². The average molecular weight is 255 g/mol. The molecular weight excluding hydrogens is 243 g/mol. The number of carbonyl (C=O) groups excluding carboxylic acids is 1. The molecule has 0 spiro atoms. The summed E-state index contributed by atoms with van der Waals surface area (Å²) in [6.07, 6.45) is -4.62. The number of aliphatic carboxylic acids is 1. The average Bonchev–Trinajstić information content (AvgIpc) is 2.61. The Kier molecular flexibility index (Phi) is 3.97. The Labute approximate surface area is 95.1 Å². The van der Waals surface area contributed by atoms with E-state index in [1.165, 1.54) is 7.11 Å². The Bertz CT molecular complexity index is 318. The molecular formula is C9H12F3NO4. The van der Waals surface area contributed by atoms with E-state index in [1.54, 1.807) is 0 Å². The highest BCUT2D eigenvalue weighted by molar-refractivity contribution is 5.80. The number of carbonyl (C=O) groups is 2. The van der Waals surface area contributed by atoms with E-state index < -0.39 is 43.0 Å². The first-order valence-electron chi connectivity index (χ1n) is 4.83. The third kappa shape index (κ3) is 3.09. The maximum Gasteiger partial charge on any atom is 0.394 e. The van der Waals surface area contributed by atoms with Crippen LogP contribution < -0.4 is 0 Å². The van der Waals surface area contributed by atoms with Gasteiger partial charge in [-0.15, -0.1) is 0 Å². The first-order valence-corrected chi connectivity index (χ1v) is 4.83. The summed E-state index contributed by atoms with van der Waals surface area (Å²) in [5, 5.41) is 8.71. The van der Waals surface area contributed by atoms with Crippen LogP contribution in [-0.4, -0.2) is 54.9 Å². The maximum absolute atomic E-state index is 12.6. The van der Waals surface area contributed by atoms with Gasteiger partial charge in [0.05, 0.1) is 11.8 Å². The molecule has 1 aliphatic heterocycles. The number of carboxylic acid groups (broad SMARTS) is 1. The molecule has 0 aromatic rings. The van der Waals surface area contributed by atoms with Crippen LogP contribution in [0.2, 0.25) is 0 Å². The Morgan fingerprint density at radius 3 is 2.35 bits per heavy atom. The summed E-state index contributed by atoms with van der Waals surface area (Å²) < 4.78 is 42.2. The molecule has 1 heterocycles. The molecule has 1 aliphatic rings. The summed E-state index contributed by atoms with van der Waals surface area (Å²) in [5.41, 5.74) is 0. The second-order valence-electron chi connectivity index (χ2n) is 3.82. The minimum atomic E-state index is -4.62. The van der Waals surface area contributed by atoms with Crippen molar-refractivity contribution in [1.82, 2.24) is 4.90 Å². The van der Waals surface area contributed by atoms with Gasteiger partial charge in [0.2, 0.25) is 5.91 Å². The lowest BCUT2D eigenvalue weighted by molar-refractivity contribution is -0.188. The number of methoxy groups -OCH3 is 1. The van der Waals surface area contributed by atoms with E-state index in [1.807, 2.05) is 0 Å². The molecule has 0 radical (unpaired) electrons. The third-order valence-electron chi connectivity index (χ3n) is 2.68. The van der Waals surface area contributed by atoms with Gasteiger partial charge in [0.25, 0.3) is 0 Å². The second-order valence-corrected chi connectivity index (χ2v) is 3.82. The van der Waals surface area contributed by atoms with Crippen LogP contribution in [0.5, 0.6) is 0 Å². The highest BCUT2D eigenvalue weighted by Gasteiger charge is 2.53. The molecule has 0 aromatic heterocycles. The fourth-order valence-electron chi connectivity index (χ4n) is 1.80. The molecule has 17 heavy (non-hydrogen) atoms. The van der Waals surface area contributed by atoms with Gasteiger partial charge in [-0.25, -0.2) is 0 Å². The summed E-state index contributed by atoms with van der Waals surface area (Å²) in [6, 6.07) is 0. The molecule has 1 saturated heterocycles. The number of hydrogen-bond acceptors (Lipinski definition) is 3. The number of carboxylic acids is 1. The molecule has 98 valence electrons. The zero-order valence-electron chi connectivity index (χ0n) is 9.03. The fourth-order valence-corrected chi connectivity index (χ4v) is 1.80. The maximum atomic E-state index is 12.6. The van der Waals surface area contributed by atoms with Gasteiger partial charge in [-0.2, -0.15) is 13.2 Å². The minimum absolute atomic E-state index is 0.350. The highest BCUT2D eigenvalue weighted by Crippen LogP contribution is 2.37. The molecule has 0 bridgehead atoms. The first-order chi connectivity index (χ1) is 7.77.